The lowest BCUT2D eigenvalue weighted by molar-refractivity contribution is -0.120. The molecule has 2 aromatic carbocycles. The molecule has 2 rings (SSSR count). The van der Waals surface area contributed by atoms with E-state index in [1.807, 2.05) is 0 Å². The average molecular weight is 390 g/mol. The fourth-order valence-corrected chi connectivity index (χ4v) is 2.49. The summed E-state index contributed by atoms with van der Waals surface area (Å²) in [5.41, 5.74) is 6.56. The summed E-state index contributed by atoms with van der Waals surface area (Å²) < 4.78 is 29.1. The van der Waals surface area contributed by atoms with Crippen molar-refractivity contribution in [2.24, 2.45) is 0 Å². The van der Waals surface area contributed by atoms with Crippen LogP contribution in [0.3, 0.4) is 0 Å². The molecule has 0 aliphatic carbocycles. The van der Waals surface area contributed by atoms with Gasteiger partial charge in [0.2, 0.25) is 5.91 Å². The molecule has 0 saturated heterocycles. The molecule has 28 heavy (non-hydrogen) atoms. The molecule has 3 N–H and O–H groups in total. The molecule has 0 fully saturated rings. The van der Waals surface area contributed by atoms with Crippen LogP contribution in [0.1, 0.15) is 22.3 Å². The van der Waals surface area contributed by atoms with E-state index in [-0.39, 0.29) is 30.2 Å². The molecule has 0 spiro atoms. The molecule has 0 bridgehead atoms. The molecular formula is C20H23FN2O5. The van der Waals surface area contributed by atoms with Gasteiger partial charge in [-0.25, -0.2) is 9.18 Å². The van der Waals surface area contributed by atoms with E-state index < -0.39 is 11.8 Å². The number of amides is 1. The highest BCUT2D eigenvalue weighted by Gasteiger charge is 2.16. The molecule has 0 aliphatic heterocycles. The van der Waals surface area contributed by atoms with Gasteiger partial charge >= 0.3 is 5.97 Å². The lowest BCUT2D eigenvalue weighted by Crippen LogP contribution is -2.27. The zero-order valence-corrected chi connectivity index (χ0v) is 15.8. The molecule has 1 amide bonds. The highest BCUT2D eigenvalue weighted by molar-refractivity contribution is 5.96. The van der Waals surface area contributed by atoms with Crippen molar-refractivity contribution in [2.75, 3.05) is 33.1 Å². The van der Waals surface area contributed by atoms with Crippen molar-refractivity contribution < 1.29 is 28.2 Å². The Kier molecular flexibility index (Phi) is 7.62. The Labute approximate surface area is 162 Å². The molecule has 7 nitrogen and oxygen atoms in total. The van der Waals surface area contributed by atoms with Crippen LogP contribution >= 0.6 is 0 Å². The zero-order valence-electron chi connectivity index (χ0n) is 15.8. The maximum atomic E-state index is 13.5. The molecule has 150 valence electrons. The molecule has 0 aromatic heterocycles. The van der Waals surface area contributed by atoms with Crippen molar-refractivity contribution in [1.82, 2.24) is 5.32 Å². The fourth-order valence-electron chi connectivity index (χ4n) is 2.49. The Morgan fingerprint density at radius 2 is 1.89 bits per heavy atom. The average Bonchev–Trinajstić information content (AvgIpc) is 2.69. The number of nitrogens with one attached hydrogen (secondary N) is 1. The Hall–Kier alpha value is -3.29. The predicted octanol–water partition coefficient (Wildman–Crippen LogP) is 2.33. The number of anilines is 1. The smallest absolute Gasteiger partial charge is 0.340 e. The van der Waals surface area contributed by atoms with Crippen molar-refractivity contribution in [3.05, 3.63) is 53.3 Å². The number of halogens is 1. The normalized spacial score (nSPS) is 10.2. The number of nitrogen functional groups attached to an aromatic ring is 1. The van der Waals surface area contributed by atoms with E-state index >= 15 is 0 Å². The van der Waals surface area contributed by atoms with Crippen LogP contribution in [0.15, 0.2) is 36.4 Å². The quantitative estimate of drug-likeness (QED) is 0.387. The first-order valence-corrected chi connectivity index (χ1v) is 8.65. The van der Waals surface area contributed by atoms with Gasteiger partial charge in [-0.1, -0.05) is 18.2 Å². The minimum absolute atomic E-state index is 0.0260. The number of ether oxygens (including phenoxy) is 3. The second kappa shape index (κ2) is 10.1. The predicted molar refractivity (Wildman–Crippen MR) is 102 cm³/mol. The van der Waals surface area contributed by atoms with Crippen LogP contribution in [0.2, 0.25) is 0 Å². The summed E-state index contributed by atoms with van der Waals surface area (Å²) in [4.78, 5) is 23.6. The molecule has 0 unspecified atom stereocenters. The van der Waals surface area contributed by atoms with Gasteiger partial charge in [-0.15, -0.1) is 0 Å². The van der Waals surface area contributed by atoms with Gasteiger partial charge in [0.05, 0.1) is 38.5 Å². The van der Waals surface area contributed by atoms with Gasteiger partial charge in [0.25, 0.3) is 0 Å². The monoisotopic (exact) mass is 390 g/mol. The maximum Gasteiger partial charge on any atom is 0.340 e. The Morgan fingerprint density at radius 3 is 2.57 bits per heavy atom. The third-order valence-electron chi connectivity index (χ3n) is 3.95. The molecule has 0 heterocycles. The number of nitrogens with two attached hydrogens (primary N) is 1. The maximum absolute atomic E-state index is 13.5. The Bertz CT molecular complexity index is 841. The minimum Gasteiger partial charge on any atom is -0.493 e. The topological polar surface area (TPSA) is 99.9 Å². The molecular weight excluding hydrogens is 367 g/mol. The van der Waals surface area contributed by atoms with Crippen LogP contribution in [0.4, 0.5) is 10.1 Å². The summed E-state index contributed by atoms with van der Waals surface area (Å²) in [5.74, 6) is -0.532. The molecule has 0 saturated carbocycles. The van der Waals surface area contributed by atoms with E-state index in [9.17, 15) is 14.0 Å². The first-order chi connectivity index (χ1) is 13.5. The van der Waals surface area contributed by atoms with E-state index in [2.05, 4.69) is 10.1 Å². The number of esters is 1. The largest absolute Gasteiger partial charge is 0.493 e. The van der Waals surface area contributed by atoms with Crippen LogP contribution < -0.4 is 20.5 Å². The van der Waals surface area contributed by atoms with Gasteiger partial charge < -0.3 is 25.3 Å². The number of hydrogen-bond acceptors (Lipinski definition) is 6. The fraction of sp³-hybridized carbons (Fsp3) is 0.300. The molecule has 0 radical (unpaired) electrons. The van der Waals surface area contributed by atoms with Crippen LogP contribution in [0, 0.1) is 5.82 Å². The molecule has 8 heteroatoms. The van der Waals surface area contributed by atoms with Crippen LogP contribution in [0.5, 0.6) is 11.5 Å². The number of hydrogen-bond donors (Lipinski definition) is 2. The van der Waals surface area contributed by atoms with Crippen LogP contribution in [0.25, 0.3) is 0 Å². The molecule has 0 atom stereocenters. The second-order valence-electron chi connectivity index (χ2n) is 5.90. The summed E-state index contributed by atoms with van der Waals surface area (Å²) in [7, 11) is 2.72. The Balaban J connectivity index is 1.83. The van der Waals surface area contributed by atoms with Gasteiger partial charge in [0.1, 0.15) is 5.82 Å². The summed E-state index contributed by atoms with van der Waals surface area (Å²) in [5, 5.41) is 2.71. The number of rotatable bonds is 9. The minimum atomic E-state index is -0.578. The van der Waals surface area contributed by atoms with Gasteiger partial charge in [-0.2, -0.15) is 0 Å². The Morgan fingerprint density at radius 1 is 1.14 bits per heavy atom. The first kappa shape index (κ1) is 21.0. The lowest BCUT2D eigenvalue weighted by atomic mass is 10.1. The standard InChI is InChI=1S/C20H23FN2O5/c1-26-17-12-16(22)14(20(25)27-2)11-18(17)28-9-5-8-23-19(24)10-13-6-3-4-7-15(13)21/h3-4,6-7,11-12H,5,8-10,22H2,1-2H3,(H,23,24). The molecule has 2 aromatic rings. The number of carbonyl (C=O) groups excluding carboxylic acids is 2. The van der Waals surface area contributed by atoms with Crippen LogP contribution in [-0.2, 0) is 16.0 Å². The van der Waals surface area contributed by atoms with Gasteiger partial charge in [-0.3, -0.25) is 4.79 Å². The van der Waals surface area contributed by atoms with Gasteiger partial charge in [-0.05, 0) is 18.1 Å². The molecule has 0 aliphatic rings. The highest BCUT2D eigenvalue weighted by atomic mass is 19.1. The van der Waals surface area contributed by atoms with E-state index in [1.54, 1.807) is 18.2 Å². The van der Waals surface area contributed by atoms with E-state index in [0.29, 0.717) is 30.0 Å². The third-order valence-corrected chi connectivity index (χ3v) is 3.95. The zero-order chi connectivity index (χ0) is 20.5. The second-order valence-corrected chi connectivity index (χ2v) is 5.90. The van der Waals surface area contributed by atoms with Crippen molar-refractivity contribution in [1.29, 1.82) is 0 Å². The lowest BCUT2D eigenvalue weighted by Gasteiger charge is -2.14. The van der Waals surface area contributed by atoms with Crippen molar-refractivity contribution >= 4 is 17.6 Å². The summed E-state index contributed by atoms with van der Waals surface area (Å²) in [6.45, 7) is 0.620. The van der Waals surface area contributed by atoms with Crippen molar-refractivity contribution in [3.63, 3.8) is 0 Å². The summed E-state index contributed by atoms with van der Waals surface area (Å²) >= 11 is 0. The van der Waals surface area contributed by atoms with Gasteiger partial charge in [0.15, 0.2) is 11.5 Å². The number of benzene rings is 2. The van der Waals surface area contributed by atoms with Crippen molar-refractivity contribution in [3.8, 4) is 11.5 Å². The van der Waals surface area contributed by atoms with Crippen molar-refractivity contribution in [2.45, 2.75) is 12.8 Å². The SMILES string of the molecule is COC(=O)c1cc(OCCCNC(=O)Cc2ccccc2F)c(OC)cc1N. The van der Waals surface area contributed by atoms with E-state index in [1.165, 1.54) is 32.4 Å². The summed E-state index contributed by atoms with van der Waals surface area (Å²) in [6.07, 6.45) is 0.478. The van der Waals surface area contributed by atoms with E-state index in [0.717, 1.165) is 0 Å². The highest BCUT2D eigenvalue weighted by Crippen LogP contribution is 2.32. The number of methoxy groups -OCH3 is 2. The summed E-state index contributed by atoms with van der Waals surface area (Å²) in [6, 6.07) is 9.09. The first-order valence-electron chi connectivity index (χ1n) is 8.65. The number of carbonyl (C=O) groups is 2. The van der Waals surface area contributed by atoms with Gasteiger partial charge in [0, 0.05) is 18.7 Å². The van der Waals surface area contributed by atoms with E-state index in [4.69, 9.17) is 15.2 Å². The third kappa shape index (κ3) is 5.60. The van der Waals surface area contributed by atoms with Crippen LogP contribution in [-0.4, -0.2) is 39.2 Å².